The third kappa shape index (κ3) is 5.05. The highest BCUT2D eigenvalue weighted by Gasteiger charge is 2.46. The molecular formula is C24H25ClF2N2O4. The number of nitrogens with one attached hydrogen (secondary N) is 1. The minimum absolute atomic E-state index is 0.211. The molecule has 2 heterocycles. The van der Waals surface area contributed by atoms with Crippen molar-refractivity contribution in [2.45, 2.75) is 44.8 Å². The fourth-order valence-corrected chi connectivity index (χ4v) is 4.20. The number of carbonyl (C=O) groups is 2. The zero-order chi connectivity index (χ0) is 24.0. The van der Waals surface area contributed by atoms with Crippen molar-refractivity contribution in [2.24, 2.45) is 0 Å². The molecule has 1 unspecified atom stereocenters. The summed E-state index contributed by atoms with van der Waals surface area (Å²) < 4.78 is 37.9. The number of halogens is 3. The molecule has 6 nitrogen and oxygen atoms in total. The van der Waals surface area contributed by atoms with Gasteiger partial charge in [0.25, 0.3) is 11.8 Å². The van der Waals surface area contributed by atoms with E-state index in [1.165, 1.54) is 0 Å². The molecule has 4 rings (SSSR count). The Bertz CT molecular complexity index is 1090. The predicted octanol–water partition coefficient (Wildman–Crippen LogP) is 4.93. The summed E-state index contributed by atoms with van der Waals surface area (Å²) in [6.07, 6.45) is -0.468. The number of carbonyl (C=O) groups excluding carboxylic acids is 2. The van der Waals surface area contributed by atoms with Crippen molar-refractivity contribution in [1.82, 2.24) is 10.2 Å². The second-order valence-electron chi connectivity index (χ2n) is 9.29. The lowest BCUT2D eigenvalue weighted by Crippen LogP contribution is -2.58. The van der Waals surface area contributed by atoms with Gasteiger partial charge in [-0.15, -0.1) is 0 Å². The average molecular weight is 479 g/mol. The highest BCUT2D eigenvalue weighted by molar-refractivity contribution is 6.32. The van der Waals surface area contributed by atoms with Gasteiger partial charge < -0.3 is 19.7 Å². The molecular weight excluding hydrogens is 454 g/mol. The summed E-state index contributed by atoms with van der Waals surface area (Å²) in [6.45, 7) is 4.38. The standard InChI is InChI=1S/C24H25ClF2N2O4/c1-23(2,3)33-22(31)28-11-14-10-18-16(8-9-19(25)20(18)32-14)15-6-4-5-7-17(15)21(30)29-12-24(26,27)13-29/h4-9,14H,10-13H2,1-3H3,(H,28,31). The number of fused-ring (bicyclic) bond motifs is 1. The van der Waals surface area contributed by atoms with Crippen LogP contribution in [-0.2, 0) is 11.2 Å². The Morgan fingerprint density at radius 2 is 1.88 bits per heavy atom. The minimum Gasteiger partial charge on any atom is -0.486 e. The van der Waals surface area contributed by atoms with Crippen molar-refractivity contribution in [3.8, 4) is 16.9 Å². The molecule has 176 valence electrons. The summed E-state index contributed by atoms with van der Waals surface area (Å²) in [5, 5.41) is 3.12. The van der Waals surface area contributed by atoms with E-state index in [2.05, 4.69) is 5.32 Å². The lowest BCUT2D eigenvalue weighted by molar-refractivity contribution is -0.113. The fraction of sp³-hybridized carbons (Fsp3) is 0.417. The fourth-order valence-electron chi connectivity index (χ4n) is 3.97. The molecule has 0 bridgehead atoms. The van der Waals surface area contributed by atoms with Gasteiger partial charge in [-0.1, -0.05) is 35.9 Å². The smallest absolute Gasteiger partial charge is 0.407 e. The number of alkyl halides is 2. The molecule has 0 spiro atoms. The van der Waals surface area contributed by atoms with E-state index in [9.17, 15) is 18.4 Å². The molecule has 0 aromatic heterocycles. The van der Waals surface area contributed by atoms with E-state index in [4.69, 9.17) is 21.1 Å². The molecule has 2 aliphatic rings. The van der Waals surface area contributed by atoms with Crippen molar-refractivity contribution >= 4 is 23.6 Å². The van der Waals surface area contributed by atoms with Gasteiger partial charge in [0.15, 0.2) is 0 Å². The highest BCUT2D eigenvalue weighted by Crippen LogP contribution is 2.43. The van der Waals surface area contributed by atoms with Crippen LogP contribution in [0.4, 0.5) is 13.6 Å². The van der Waals surface area contributed by atoms with Crippen LogP contribution in [0.25, 0.3) is 11.1 Å². The van der Waals surface area contributed by atoms with E-state index in [-0.39, 0.29) is 12.6 Å². The summed E-state index contributed by atoms with van der Waals surface area (Å²) in [4.78, 5) is 26.0. The normalized spacial score (nSPS) is 18.7. The summed E-state index contributed by atoms with van der Waals surface area (Å²) >= 11 is 6.36. The van der Waals surface area contributed by atoms with Crippen LogP contribution in [0.2, 0.25) is 5.02 Å². The molecule has 0 aliphatic carbocycles. The number of nitrogens with zero attached hydrogens (tertiary/aromatic N) is 1. The quantitative estimate of drug-likeness (QED) is 0.677. The van der Waals surface area contributed by atoms with E-state index in [0.29, 0.717) is 28.3 Å². The minimum atomic E-state index is -2.84. The third-order valence-electron chi connectivity index (χ3n) is 5.38. The second kappa shape index (κ2) is 8.48. The predicted molar refractivity (Wildman–Crippen MR) is 120 cm³/mol. The molecule has 1 atom stereocenters. The number of hydrogen-bond acceptors (Lipinski definition) is 4. The number of alkyl carbamates (subject to hydrolysis) is 1. The van der Waals surface area contributed by atoms with Gasteiger partial charge in [-0.2, -0.15) is 0 Å². The van der Waals surface area contributed by atoms with Gasteiger partial charge in [0, 0.05) is 17.5 Å². The van der Waals surface area contributed by atoms with Gasteiger partial charge in [-0.25, -0.2) is 13.6 Å². The van der Waals surface area contributed by atoms with Crippen LogP contribution in [0.1, 0.15) is 36.7 Å². The van der Waals surface area contributed by atoms with Crippen LogP contribution in [0.5, 0.6) is 5.75 Å². The molecule has 2 aliphatic heterocycles. The Hall–Kier alpha value is -2.87. The maximum absolute atomic E-state index is 13.3. The molecule has 2 aromatic rings. The van der Waals surface area contributed by atoms with E-state index in [0.717, 1.165) is 16.0 Å². The van der Waals surface area contributed by atoms with Gasteiger partial charge in [0.2, 0.25) is 0 Å². The Balaban J connectivity index is 1.56. The van der Waals surface area contributed by atoms with E-state index in [1.54, 1.807) is 57.2 Å². The van der Waals surface area contributed by atoms with Gasteiger partial charge in [0.05, 0.1) is 24.7 Å². The van der Waals surface area contributed by atoms with Crippen LogP contribution in [-0.4, -0.2) is 54.2 Å². The second-order valence-corrected chi connectivity index (χ2v) is 9.70. The Morgan fingerprint density at radius 1 is 1.18 bits per heavy atom. The summed E-state index contributed by atoms with van der Waals surface area (Å²) in [5.74, 6) is -2.79. The molecule has 33 heavy (non-hydrogen) atoms. The largest absolute Gasteiger partial charge is 0.486 e. The highest BCUT2D eigenvalue weighted by atomic mass is 35.5. The number of ether oxygens (including phenoxy) is 2. The first-order valence-corrected chi connectivity index (χ1v) is 11.0. The van der Waals surface area contributed by atoms with Crippen molar-refractivity contribution in [1.29, 1.82) is 0 Å². The first-order chi connectivity index (χ1) is 15.4. The molecule has 0 saturated carbocycles. The maximum atomic E-state index is 13.3. The number of likely N-dealkylation sites (tertiary alicyclic amines) is 1. The van der Waals surface area contributed by atoms with E-state index < -0.39 is 36.6 Å². The topological polar surface area (TPSA) is 67.9 Å². The Labute approximate surface area is 195 Å². The summed E-state index contributed by atoms with van der Waals surface area (Å²) in [6, 6.07) is 10.4. The summed E-state index contributed by atoms with van der Waals surface area (Å²) in [5.41, 5.74) is 1.89. The molecule has 0 radical (unpaired) electrons. The summed E-state index contributed by atoms with van der Waals surface area (Å²) in [7, 11) is 0. The van der Waals surface area contributed by atoms with Crippen LogP contribution >= 0.6 is 11.6 Å². The number of hydrogen-bond donors (Lipinski definition) is 1. The number of rotatable bonds is 4. The van der Waals surface area contributed by atoms with E-state index in [1.807, 2.05) is 0 Å². The first-order valence-electron chi connectivity index (χ1n) is 10.6. The van der Waals surface area contributed by atoms with Crippen molar-refractivity contribution in [3.05, 3.63) is 52.5 Å². The monoisotopic (exact) mass is 478 g/mol. The van der Waals surface area contributed by atoms with Crippen LogP contribution in [0, 0.1) is 0 Å². The number of benzene rings is 2. The number of amides is 2. The average Bonchev–Trinajstić information content (AvgIpc) is 3.14. The first kappa shape index (κ1) is 23.3. The lowest BCUT2D eigenvalue weighted by atomic mass is 9.92. The van der Waals surface area contributed by atoms with Gasteiger partial charge in [-0.3, -0.25) is 4.79 Å². The SMILES string of the molecule is CC(C)(C)OC(=O)NCC1Cc2c(-c3ccccc3C(=O)N3CC(F)(F)C3)ccc(Cl)c2O1. The zero-order valence-electron chi connectivity index (χ0n) is 18.6. The lowest BCUT2D eigenvalue weighted by Gasteiger charge is -2.39. The zero-order valence-corrected chi connectivity index (χ0v) is 19.3. The Morgan fingerprint density at radius 3 is 2.55 bits per heavy atom. The van der Waals surface area contributed by atoms with Gasteiger partial charge >= 0.3 is 6.09 Å². The molecule has 9 heteroatoms. The van der Waals surface area contributed by atoms with Gasteiger partial charge in [0.1, 0.15) is 17.5 Å². The van der Waals surface area contributed by atoms with Crippen LogP contribution in [0.3, 0.4) is 0 Å². The third-order valence-corrected chi connectivity index (χ3v) is 5.68. The van der Waals surface area contributed by atoms with Crippen molar-refractivity contribution in [3.63, 3.8) is 0 Å². The van der Waals surface area contributed by atoms with Crippen LogP contribution < -0.4 is 10.1 Å². The Kier molecular flexibility index (Phi) is 5.99. The van der Waals surface area contributed by atoms with E-state index >= 15 is 0 Å². The van der Waals surface area contributed by atoms with Crippen molar-refractivity contribution in [2.75, 3.05) is 19.6 Å². The van der Waals surface area contributed by atoms with Crippen LogP contribution in [0.15, 0.2) is 36.4 Å². The van der Waals surface area contributed by atoms with Crippen molar-refractivity contribution < 1.29 is 27.8 Å². The maximum Gasteiger partial charge on any atom is 0.407 e. The molecule has 1 N–H and O–H groups in total. The van der Waals surface area contributed by atoms with Gasteiger partial charge in [-0.05, 0) is 44.0 Å². The molecule has 1 fully saturated rings. The molecule has 2 amide bonds. The molecule has 2 aromatic carbocycles. The molecule has 1 saturated heterocycles.